The van der Waals surface area contributed by atoms with E-state index in [1.54, 1.807) is 0 Å². The second kappa shape index (κ2) is 7.98. The summed E-state index contributed by atoms with van der Waals surface area (Å²) in [5.74, 6) is -0.345. The molecule has 3 nitrogen and oxygen atoms in total. The summed E-state index contributed by atoms with van der Waals surface area (Å²) in [5.41, 5.74) is 0. The Bertz CT molecular complexity index is 318. The maximum atomic E-state index is 10.7. The molecule has 0 fully saturated rings. The zero-order valence-electron chi connectivity index (χ0n) is 14.0. The predicted molar refractivity (Wildman–Crippen MR) is 87.5 cm³/mol. The number of aliphatic carboxylic acids is 1. The van der Waals surface area contributed by atoms with Crippen LogP contribution < -0.4 is 0 Å². The van der Waals surface area contributed by atoms with Gasteiger partial charge >= 0.3 is 5.97 Å². The molecule has 0 aliphatic carbocycles. The van der Waals surface area contributed by atoms with Crippen molar-refractivity contribution in [3.63, 3.8) is 0 Å². The summed E-state index contributed by atoms with van der Waals surface area (Å²) in [6.07, 6.45) is 4.67. The summed E-state index contributed by atoms with van der Waals surface area (Å²) in [5, 5.41) is 8.95. The van der Waals surface area contributed by atoms with Gasteiger partial charge in [0, 0.05) is 12.5 Å². The van der Waals surface area contributed by atoms with E-state index >= 15 is 0 Å². The van der Waals surface area contributed by atoms with Gasteiger partial charge in [0.25, 0.3) is 0 Å². The van der Waals surface area contributed by atoms with Gasteiger partial charge in [-0.2, -0.15) is 0 Å². The standard InChI is InChI=1S/C16H32O3Si/c1-8-10-13(2)14(11-9-12-15(17)18)19-20(6,7)16(3,4)5/h8,13-14H,1,9-12H2,2-7H3,(H,17,18). The smallest absolute Gasteiger partial charge is 0.303 e. The van der Waals surface area contributed by atoms with Crippen LogP contribution in [-0.2, 0) is 9.22 Å². The molecule has 0 spiro atoms. The number of hydrogen-bond donors (Lipinski definition) is 1. The number of carboxylic acid groups (broad SMARTS) is 1. The second-order valence-electron chi connectivity index (χ2n) is 7.20. The minimum Gasteiger partial charge on any atom is -0.481 e. The van der Waals surface area contributed by atoms with Crippen molar-refractivity contribution in [2.75, 3.05) is 0 Å². The number of hydrogen-bond acceptors (Lipinski definition) is 2. The van der Waals surface area contributed by atoms with Crippen LogP contribution in [0.15, 0.2) is 12.7 Å². The van der Waals surface area contributed by atoms with Gasteiger partial charge in [-0.1, -0.05) is 33.8 Å². The van der Waals surface area contributed by atoms with Crippen LogP contribution in [0.4, 0.5) is 0 Å². The summed E-state index contributed by atoms with van der Waals surface area (Å²) in [4.78, 5) is 10.7. The lowest BCUT2D eigenvalue weighted by Crippen LogP contribution is -2.45. The van der Waals surface area contributed by atoms with Crippen molar-refractivity contribution in [1.29, 1.82) is 0 Å². The van der Waals surface area contributed by atoms with E-state index in [0.29, 0.717) is 12.3 Å². The Morgan fingerprint density at radius 1 is 1.40 bits per heavy atom. The molecule has 20 heavy (non-hydrogen) atoms. The Labute approximate surface area is 125 Å². The molecule has 0 amide bonds. The molecular weight excluding hydrogens is 268 g/mol. The van der Waals surface area contributed by atoms with Crippen molar-refractivity contribution >= 4 is 14.3 Å². The summed E-state index contributed by atoms with van der Waals surface area (Å²) < 4.78 is 6.50. The fourth-order valence-electron chi connectivity index (χ4n) is 1.88. The highest BCUT2D eigenvalue weighted by Crippen LogP contribution is 2.39. The fraction of sp³-hybridized carbons (Fsp3) is 0.812. The van der Waals surface area contributed by atoms with Gasteiger partial charge in [-0.15, -0.1) is 6.58 Å². The predicted octanol–water partition coefficient (Wildman–Crippen LogP) is 4.84. The summed E-state index contributed by atoms with van der Waals surface area (Å²) in [7, 11) is -1.82. The third kappa shape index (κ3) is 6.71. The topological polar surface area (TPSA) is 46.5 Å². The molecule has 0 aromatic rings. The SMILES string of the molecule is C=CCC(C)C(CCCC(=O)O)O[Si](C)(C)C(C)(C)C. The largest absolute Gasteiger partial charge is 0.481 e. The lowest BCUT2D eigenvalue weighted by molar-refractivity contribution is -0.137. The van der Waals surface area contributed by atoms with E-state index in [0.717, 1.165) is 12.8 Å². The molecule has 4 heteroatoms. The molecule has 2 unspecified atom stereocenters. The van der Waals surface area contributed by atoms with E-state index < -0.39 is 14.3 Å². The molecule has 0 radical (unpaired) electrons. The molecule has 0 aromatic carbocycles. The molecule has 0 saturated heterocycles. The van der Waals surface area contributed by atoms with Crippen LogP contribution in [0.5, 0.6) is 0 Å². The average Bonchev–Trinajstić information content (AvgIpc) is 2.25. The summed E-state index contributed by atoms with van der Waals surface area (Å²) >= 11 is 0. The highest BCUT2D eigenvalue weighted by molar-refractivity contribution is 6.74. The van der Waals surface area contributed by atoms with Crippen LogP contribution in [-0.4, -0.2) is 25.5 Å². The Morgan fingerprint density at radius 3 is 2.35 bits per heavy atom. The molecule has 2 atom stereocenters. The van der Waals surface area contributed by atoms with Crippen LogP contribution in [0.3, 0.4) is 0 Å². The van der Waals surface area contributed by atoms with E-state index in [9.17, 15) is 4.79 Å². The molecule has 0 aliphatic heterocycles. The van der Waals surface area contributed by atoms with Crippen molar-refractivity contribution in [2.45, 2.75) is 77.6 Å². The highest BCUT2D eigenvalue weighted by atomic mass is 28.4. The lowest BCUT2D eigenvalue weighted by atomic mass is 9.96. The molecule has 0 aromatic heterocycles. The van der Waals surface area contributed by atoms with Crippen molar-refractivity contribution in [1.82, 2.24) is 0 Å². The van der Waals surface area contributed by atoms with E-state index in [2.05, 4.69) is 47.4 Å². The van der Waals surface area contributed by atoms with Gasteiger partial charge in [0.05, 0.1) is 0 Å². The third-order valence-electron chi connectivity index (χ3n) is 4.30. The Hall–Kier alpha value is -0.613. The van der Waals surface area contributed by atoms with Gasteiger partial charge in [-0.25, -0.2) is 0 Å². The molecule has 0 rings (SSSR count). The van der Waals surface area contributed by atoms with Crippen molar-refractivity contribution in [3.05, 3.63) is 12.7 Å². The zero-order valence-corrected chi connectivity index (χ0v) is 15.0. The fourth-order valence-corrected chi connectivity index (χ4v) is 3.34. The van der Waals surface area contributed by atoms with Crippen molar-refractivity contribution in [3.8, 4) is 0 Å². The second-order valence-corrected chi connectivity index (χ2v) is 12.0. The van der Waals surface area contributed by atoms with Gasteiger partial charge in [0.2, 0.25) is 0 Å². The van der Waals surface area contributed by atoms with Gasteiger partial charge in [0.1, 0.15) is 0 Å². The molecule has 118 valence electrons. The summed E-state index contributed by atoms with van der Waals surface area (Å²) in [6.45, 7) is 17.1. The van der Waals surface area contributed by atoms with Crippen LogP contribution in [0.1, 0.15) is 53.4 Å². The van der Waals surface area contributed by atoms with E-state index in [1.807, 2.05) is 6.08 Å². The number of carbonyl (C=O) groups is 1. The summed E-state index contributed by atoms with van der Waals surface area (Å²) in [6, 6.07) is 0. The maximum Gasteiger partial charge on any atom is 0.303 e. The van der Waals surface area contributed by atoms with Gasteiger partial charge in [-0.3, -0.25) is 4.79 Å². The first kappa shape index (κ1) is 19.4. The Kier molecular flexibility index (Phi) is 7.74. The quantitative estimate of drug-likeness (QED) is 0.489. The van der Waals surface area contributed by atoms with Crippen molar-refractivity contribution in [2.24, 2.45) is 5.92 Å². The molecule has 0 aliphatic rings. The minimum atomic E-state index is -1.82. The first-order chi connectivity index (χ1) is 9.01. The van der Waals surface area contributed by atoms with Gasteiger partial charge < -0.3 is 9.53 Å². The van der Waals surface area contributed by atoms with Crippen LogP contribution >= 0.6 is 0 Å². The molecular formula is C16H32O3Si. The number of carboxylic acids is 1. The van der Waals surface area contributed by atoms with Crippen molar-refractivity contribution < 1.29 is 14.3 Å². The van der Waals surface area contributed by atoms with E-state index in [-0.39, 0.29) is 17.6 Å². The normalized spacial score (nSPS) is 15.7. The first-order valence-electron chi connectivity index (χ1n) is 7.51. The molecule has 0 bridgehead atoms. The maximum absolute atomic E-state index is 10.7. The monoisotopic (exact) mass is 300 g/mol. The molecule has 0 heterocycles. The number of allylic oxidation sites excluding steroid dienone is 1. The van der Waals surface area contributed by atoms with Crippen LogP contribution in [0.25, 0.3) is 0 Å². The lowest BCUT2D eigenvalue weighted by Gasteiger charge is -2.41. The third-order valence-corrected chi connectivity index (χ3v) is 8.81. The first-order valence-corrected chi connectivity index (χ1v) is 10.4. The van der Waals surface area contributed by atoms with Crippen LogP contribution in [0, 0.1) is 5.92 Å². The Balaban J connectivity index is 4.76. The molecule has 0 saturated carbocycles. The van der Waals surface area contributed by atoms with Gasteiger partial charge in [0.15, 0.2) is 8.32 Å². The molecule has 1 N–H and O–H groups in total. The average molecular weight is 301 g/mol. The van der Waals surface area contributed by atoms with E-state index in [4.69, 9.17) is 9.53 Å². The highest BCUT2D eigenvalue weighted by Gasteiger charge is 2.39. The van der Waals surface area contributed by atoms with E-state index in [1.165, 1.54) is 0 Å². The van der Waals surface area contributed by atoms with Gasteiger partial charge in [-0.05, 0) is 43.3 Å². The Morgan fingerprint density at radius 2 is 1.95 bits per heavy atom. The number of rotatable bonds is 9. The zero-order chi connectivity index (χ0) is 16.0. The minimum absolute atomic E-state index is 0.133. The van der Waals surface area contributed by atoms with Crippen LogP contribution in [0.2, 0.25) is 18.1 Å².